The number of amides is 2. The quantitative estimate of drug-likeness (QED) is 0.571. The summed E-state index contributed by atoms with van der Waals surface area (Å²) in [6.07, 6.45) is 4.37. The number of nitrogens with zero attached hydrogens (tertiary/aromatic N) is 4. The Morgan fingerprint density at radius 3 is 2.26 bits per heavy atom. The zero-order valence-corrected chi connectivity index (χ0v) is 18.9. The molecule has 0 aliphatic carbocycles. The van der Waals surface area contributed by atoms with Gasteiger partial charge in [-0.3, -0.25) is 14.6 Å². The van der Waals surface area contributed by atoms with Crippen LogP contribution in [0.5, 0.6) is 0 Å². The second-order valence-electron chi connectivity index (χ2n) is 7.65. The van der Waals surface area contributed by atoms with Crippen molar-refractivity contribution < 1.29 is 22.4 Å². The van der Waals surface area contributed by atoms with Crippen molar-refractivity contribution in [3.8, 4) is 0 Å². The highest BCUT2D eigenvalue weighted by molar-refractivity contribution is 7.89. The maximum atomic E-state index is 13.1. The number of carbonyl (C=O) groups is 2. The van der Waals surface area contributed by atoms with Gasteiger partial charge in [0.15, 0.2) is 0 Å². The summed E-state index contributed by atoms with van der Waals surface area (Å²) in [6, 6.07) is 11.2. The summed E-state index contributed by atoms with van der Waals surface area (Å²) in [5.41, 5.74) is 1.29. The van der Waals surface area contributed by atoms with Crippen LogP contribution in [0.4, 0.5) is 4.39 Å². The Morgan fingerprint density at radius 1 is 0.941 bits per heavy atom. The van der Waals surface area contributed by atoms with Gasteiger partial charge >= 0.3 is 0 Å². The van der Waals surface area contributed by atoms with E-state index in [1.54, 1.807) is 34.1 Å². The second kappa shape index (κ2) is 10.1. The molecule has 0 atom stereocenters. The van der Waals surface area contributed by atoms with E-state index in [1.807, 2.05) is 0 Å². The maximum Gasteiger partial charge on any atom is 0.274 e. The minimum atomic E-state index is -3.83. The number of aromatic nitrogens is 2. The SMILES string of the molecule is O=C(c1cccc(CNS(=O)(=O)c2ccc(F)cc2)c1)N1CCN(C(=O)c2cnccn2)CC1. The fourth-order valence-corrected chi connectivity index (χ4v) is 4.57. The Kier molecular flexibility index (Phi) is 6.94. The average molecular weight is 484 g/mol. The minimum Gasteiger partial charge on any atom is -0.335 e. The van der Waals surface area contributed by atoms with Gasteiger partial charge in [-0.2, -0.15) is 0 Å². The normalized spacial score (nSPS) is 14.1. The molecule has 34 heavy (non-hydrogen) atoms. The summed E-state index contributed by atoms with van der Waals surface area (Å²) in [6.45, 7) is 1.45. The molecule has 4 rings (SSSR count). The van der Waals surface area contributed by atoms with Gasteiger partial charge in [-0.1, -0.05) is 12.1 Å². The van der Waals surface area contributed by atoms with Crippen molar-refractivity contribution in [1.82, 2.24) is 24.5 Å². The van der Waals surface area contributed by atoms with Gasteiger partial charge in [0, 0.05) is 50.7 Å². The molecule has 1 aromatic heterocycles. The molecule has 2 heterocycles. The molecular weight excluding hydrogens is 461 g/mol. The van der Waals surface area contributed by atoms with Crippen LogP contribution >= 0.6 is 0 Å². The number of benzene rings is 2. The number of hydrogen-bond acceptors (Lipinski definition) is 6. The van der Waals surface area contributed by atoms with Gasteiger partial charge in [-0.05, 0) is 42.0 Å². The van der Waals surface area contributed by atoms with E-state index in [2.05, 4.69) is 14.7 Å². The summed E-state index contributed by atoms with van der Waals surface area (Å²) in [5, 5.41) is 0. The van der Waals surface area contributed by atoms with Gasteiger partial charge in [0.25, 0.3) is 11.8 Å². The van der Waals surface area contributed by atoms with Crippen LogP contribution in [-0.2, 0) is 16.6 Å². The van der Waals surface area contributed by atoms with Crippen LogP contribution in [0.1, 0.15) is 26.4 Å². The number of hydrogen-bond donors (Lipinski definition) is 1. The molecule has 1 saturated heterocycles. The molecule has 0 radical (unpaired) electrons. The molecule has 176 valence electrons. The second-order valence-corrected chi connectivity index (χ2v) is 9.42. The van der Waals surface area contributed by atoms with E-state index in [1.165, 1.54) is 30.7 Å². The summed E-state index contributed by atoms with van der Waals surface area (Å²) in [7, 11) is -3.83. The molecule has 1 aliphatic heterocycles. The lowest BCUT2D eigenvalue weighted by atomic mass is 10.1. The van der Waals surface area contributed by atoms with Crippen LogP contribution < -0.4 is 4.72 Å². The number of piperazine rings is 1. The Hall–Kier alpha value is -3.70. The van der Waals surface area contributed by atoms with E-state index in [-0.39, 0.29) is 28.9 Å². The average Bonchev–Trinajstić information content (AvgIpc) is 2.88. The predicted octanol–water partition coefficient (Wildman–Crippen LogP) is 1.69. The van der Waals surface area contributed by atoms with Gasteiger partial charge in [0.2, 0.25) is 10.0 Å². The molecule has 3 aromatic rings. The molecule has 1 aliphatic rings. The first-order valence-corrected chi connectivity index (χ1v) is 12.0. The summed E-state index contributed by atoms with van der Waals surface area (Å²) < 4.78 is 40.4. The number of rotatable bonds is 6. The third-order valence-electron chi connectivity index (χ3n) is 5.40. The summed E-state index contributed by atoms with van der Waals surface area (Å²) >= 11 is 0. The molecule has 9 nitrogen and oxygen atoms in total. The monoisotopic (exact) mass is 483 g/mol. The highest BCUT2D eigenvalue weighted by Gasteiger charge is 2.26. The molecular formula is C23H22FN5O4S. The Morgan fingerprint density at radius 2 is 1.62 bits per heavy atom. The van der Waals surface area contributed by atoms with E-state index in [4.69, 9.17) is 0 Å². The first-order valence-electron chi connectivity index (χ1n) is 10.5. The predicted molar refractivity (Wildman–Crippen MR) is 121 cm³/mol. The van der Waals surface area contributed by atoms with Crippen molar-refractivity contribution in [2.45, 2.75) is 11.4 Å². The molecule has 0 saturated carbocycles. The number of nitrogens with one attached hydrogen (secondary N) is 1. The molecule has 1 fully saturated rings. The van der Waals surface area contributed by atoms with E-state index in [0.717, 1.165) is 12.1 Å². The van der Waals surface area contributed by atoms with E-state index < -0.39 is 15.8 Å². The zero-order valence-electron chi connectivity index (χ0n) is 18.1. The van der Waals surface area contributed by atoms with E-state index in [9.17, 15) is 22.4 Å². The van der Waals surface area contributed by atoms with Crippen LogP contribution in [0, 0.1) is 5.82 Å². The molecule has 2 aromatic carbocycles. The molecule has 0 spiro atoms. The topological polar surface area (TPSA) is 113 Å². The van der Waals surface area contributed by atoms with Crippen LogP contribution in [-0.4, -0.2) is 66.2 Å². The molecule has 11 heteroatoms. The summed E-state index contributed by atoms with van der Waals surface area (Å²) in [4.78, 5) is 36.7. The number of carbonyl (C=O) groups excluding carboxylic acids is 2. The summed E-state index contributed by atoms with van der Waals surface area (Å²) in [5.74, 6) is -0.949. The zero-order chi connectivity index (χ0) is 24.1. The molecule has 2 amide bonds. The van der Waals surface area contributed by atoms with Crippen molar-refractivity contribution in [2.75, 3.05) is 26.2 Å². The highest BCUT2D eigenvalue weighted by atomic mass is 32.2. The maximum absolute atomic E-state index is 13.1. The molecule has 0 bridgehead atoms. The van der Waals surface area contributed by atoms with E-state index in [0.29, 0.717) is 37.3 Å². The fraction of sp³-hybridized carbons (Fsp3) is 0.217. The third-order valence-corrected chi connectivity index (χ3v) is 6.82. The van der Waals surface area contributed by atoms with Crippen LogP contribution in [0.25, 0.3) is 0 Å². The van der Waals surface area contributed by atoms with Gasteiger partial charge in [-0.15, -0.1) is 0 Å². The largest absolute Gasteiger partial charge is 0.335 e. The van der Waals surface area contributed by atoms with Crippen LogP contribution in [0.2, 0.25) is 0 Å². The van der Waals surface area contributed by atoms with Gasteiger partial charge in [-0.25, -0.2) is 22.5 Å². The lowest BCUT2D eigenvalue weighted by Gasteiger charge is -2.34. The third kappa shape index (κ3) is 5.43. The van der Waals surface area contributed by atoms with Gasteiger partial charge in [0.05, 0.1) is 11.1 Å². The molecule has 0 unspecified atom stereocenters. The van der Waals surface area contributed by atoms with E-state index >= 15 is 0 Å². The lowest BCUT2D eigenvalue weighted by molar-refractivity contribution is 0.0532. The minimum absolute atomic E-state index is 0.0266. The molecule has 1 N–H and O–H groups in total. The van der Waals surface area contributed by atoms with Crippen molar-refractivity contribution in [2.24, 2.45) is 0 Å². The number of sulfonamides is 1. The standard InChI is InChI=1S/C23H22FN5O4S/c24-19-4-6-20(7-5-19)34(32,33)27-15-17-2-1-3-18(14-17)22(30)28-10-12-29(13-11-28)23(31)21-16-25-8-9-26-21/h1-9,14,16,27H,10-13,15H2. The first kappa shape index (κ1) is 23.5. The van der Waals surface area contributed by atoms with Gasteiger partial charge < -0.3 is 9.80 Å². The first-order chi connectivity index (χ1) is 16.3. The Balaban J connectivity index is 1.36. The van der Waals surface area contributed by atoms with Gasteiger partial charge in [0.1, 0.15) is 11.5 Å². The van der Waals surface area contributed by atoms with Crippen LogP contribution in [0.15, 0.2) is 72.0 Å². The Labute approximate surface area is 196 Å². The highest BCUT2D eigenvalue weighted by Crippen LogP contribution is 2.14. The van der Waals surface area contributed by atoms with Crippen molar-refractivity contribution >= 4 is 21.8 Å². The van der Waals surface area contributed by atoms with Crippen molar-refractivity contribution in [3.63, 3.8) is 0 Å². The smallest absolute Gasteiger partial charge is 0.274 e. The van der Waals surface area contributed by atoms with Crippen molar-refractivity contribution in [1.29, 1.82) is 0 Å². The lowest BCUT2D eigenvalue weighted by Crippen LogP contribution is -2.50. The Bertz CT molecular complexity index is 1280. The van der Waals surface area contributed by atoms with Crippen molar-refractivity contribution in [3.05, 3.63) is 89.8 Å². The number of halogens is 1. The fourth-order valence-electron chi connectivity index (χ4n) is 3.56. The van der Waals surface area contributed by atoms with Crippen LogP contribution in [0.3, 0.4) is 0 Å².